The summed E-state index contributed by atoms with van der Waals surface area (Å²) in [6, 6.07) is 12.5. The van der Waals surface area contributed by atoms with E-state index >= 15 is 0 Å². The lowest BCUT2D eigenvalue weighted by Crippen LogP contribution is -2.63. The Balaban J connectivity index is 1.37. The number of rotatable bonds is 3. The van der Waals surface area contributed by atoms with E-state index in [1.54, 1.807) is 0 Å². The van der Waals surface area contributed by atoms with Crippen molar-refractivity contribution in [3.8, 4) is 0 Å². The van der Waals surface area contributed by atoms with Gasteiger partial charge in [0.2, 0.25) is 0 Å². The fourth-order valence-corrected chi connectivity index (χ4v) is 3.71. The summed E-state index contributed by atoms with van der Waals surface area (Å²) in [7, 11) is 0. The summed E-state index contributed by atoms with van der Waals surface area (Å²) in [5, 5.41) is 7.41. The van der Waals surface area contributed by atoms with Gasteiger partial charge in [-0.3, -0.25) is 0 Å². The topological polar surface area (TPSA) is 24.1 Å². The van der Waals surface area contributed by atoms with Crippen LogP contribution in [0, 0.1) is 11.8 Å². The summed E-state index contributed by atoms with van der Waals surface area (Å²) in [4.78, 5) is 0. The highest BCUT2D eigenvalue weighted by Crippen LogP contribution is 2.44. The molecule has 1 aliphatic heterocycles. The first-order valence-electron chi connectivity index (χ1n) is 6.93. The Morgan fingerprint density at radius 1 is 1.00 bits per heavy atom. The molecule has 1 unspecified atom stereocenters. The van der Waals surface area contributed by atoms with Crippen molar-refractivity contribution in [3.63, 3.8) is 0 Å². The van der Waals surface area contributed by atoms with Gasteiger partial charge in [-0.1, -0.05) is 30.3 Å². The minimum absolute atomic E-state index is 0.755. The zero-order valence-corrected chi connectivity index (χ0v) is 10.1. The van der Waals surface area contributed by atoms with Gasteiger partial charge in [0.1, 0.15) is 0 Å². The molecule has 2 bridgehead atoms. The monoisotopic (exact) mass is 228 g/mol. The van der Waals surface area contributed by atoms with Crippen molar-refractivity contribution in [1.82, 2.24) is 10.6 Å². The van der Waals surface area contributed by atoms with Crippen LogP contribution >= 0.6 is 0 Å². The van der Waals surface area contributed by atoms with E-state index in [2.05, 4.69) is 41.0 Å². The van der Waals surface area contributed by atoms with Crippen molar-refractivity contribution in [2.45, 2.75) is 30.8 Å². The van der Waals surface area contributed by atoms with E-state index < -0.39 is 0 Å². The zero-order chi connectivity index (χ0) is 11.2. The van der Waals surface area contributed by atoms with Crippen LogP contribution in [0.4, 0.5) is 0 Å². The quantitative estimate of drug-likeness (QED) is 0.823. The second-order valence-electron chi connectivity index (χ2n) is 5.97. The molecular formula is C15H20N2. The molecule has 1 aromatic rings. The van der Waals surface area contributed by atoms with Gasteiger partial charge in [-0.2, -0.15) is 0 Å². The summed E-state index contributed by atoms with van der Waals surface area (Å²) in [6.07, 6.45) is 2.79. The average molecular weight is 228 g/mol. The highest BCUT2D eigenvalue weighted by Gasteiger charge is 2.48. The van der Waals surface area contributed by atoms with Gasteiger partial charge in [-0.05, 0) is 43.3 Å². The molecule has 1 aromatic carbocycles. The lowest BCUT2D eigenvalue weighted by molar-refractivity contribution is 0.0652. The number of piperidine rings is 2. The summed E-state index contributed by atoms with van der Waals surface area (Å²) >= 11 is 0. The Hall–Kier alpha value is -0.860. The second-order valence-corrected chi connectivity index (χ2v) is 5.97. The SMILES string of the molecule is c1ccc(C2C[C@H]2N[C@H]2[C@@H]3CNC[C@H]2C3)cc1. The summed E-state index contributed by atoms with van der Waals surface area (Å²) < 4.78 is 0. The summed E-state index contributed by atoms with van der Waals surface area (Å²) in [6.45, 7) is 2.47. The third-order valence-electron chi connectivity index (χ3n) is 4.86. The first-order chi connectivity index (χ1) is 8.42. The molecule has 0 spiro atoms. The van der Waals surface area contributed by atoms with Gasteiger partial charge < -0.3 is 10.6 Å². The first kappa shape index (κ1) is 10.1. The van der Waals surface area contributed by atoms with Gasteiger partial charge >= 0.3 is 0 Å². The third-order valence-corrected chi connectivity index (χ3v) is 4.86. The molecule has 0 aromatic heterocycles. The van der Waals surface area contributed by atoms with Gasteiger partial charge in [-0.25, -0.2) is 0 Å². The van der Waals surface area contributed by atoms with E-state index in [9.17, 15) is 0 Å². The molecule has 0 radical (unpaired) electrons. The maximum atomic E-state index is 3.90. The van der Waals surface area contributed by atoms with Crippen LogP contribution in [0.2, 0.25) is 0 Å². The van der Waals surface area contributed by atoms with E-state index in [1.165, 1.54) is 31.5 Å². The van der Waals surface area contributed by atoms with Gasteiger partial charge in [0.15, 0.2) is 0 Å². The van der Waals surface area contributed by atoms with Crippen LogP contribution in [0.1, 0.15) is 24.3 Å². The van der Waals surface area contributed by atoms with E-state index in [0.717, 1.165) is 29.8 Å². The Morgan fingerprint density at radius 2 is 1.76 bits per heavy atom. The molecular weight excluding hydrogens is 208 g/mol. The fraction of sp³-hybridized carbons (Fsp3) is 0.600. The molecule has 5 atom stereocenters. The second kappa shape index (κ2) is 3.82. The maximum Gasteiger partial charge on any atom is 0.0151 e. The summed E-state index contributed by atoms with van der Waals surface area (Å²) in [5.74, 6) is 2.60. The van der Waals surface area contributed by atoms with Crippen LogP contribution < -0.4 is 10.6 Å². The van der Waals surface area contributed by atoms with Crippen LogP contribution in [-0.2, 0) is 0 Å². The molecule has 2 saturated carbocycles. The molecule has 3 aliphatic rings. The van der Waals surface area contributed by atoms with Crippen LogP contribution in [0.5, 0.6) is 0 Å². The van der Waals surface area contributed by atoms with Gasteiger partial charge in [0.05, 0.1) is 0 Å². The van der Waals surface area contributed by atoms with E-state index in [4.69, 9.17) is 0 Å². The molecule has 2 nitrogen and oxygen atoms in total. The van der Waals surface area contributed by atoms with E-state index in [1.807, 2.05) is 0 Å². The number of hydrogen-bond acceptors (Lipinski definition) is 2. The Labute approximate surface area is 103 Å². The molecule has 0 amide bonds. The molecule has 1 saturated heterocycles. The summed E-state index contributed by atoms with van der Waals surface area (Å²) in [5.41, 5.74) is 1.52. The van der Waals surface area contributed by atoms with Crippen molar-refractivity contribution >= 4 is 0 Å². The van der Waals surface area contributed by atoms with Gasteiger partial charge in [-0.15, -0.1) is 0 Å². The highest BCUT2D eigenvalue weighted by atomic mass is 15.1. The standard InChI is InChI=1S/C15H20N2/c1-2-4-10(5-3-1)13-7-14(13)17-15-11-6-12(15)9-16-8-11/h1-5,11-17H,6-9H2/t11-,12+,13?,14-,15-/m1/s1. The molecule has 4 rings (SSSR count). The minimum Gasteiger partial charge on any atom is -0.316 e. The number of benzene rings is 1. The average Bonchev–Trinajstić information content (AvgIpc) is 3.17. The first-order valence-corrected chi connectivity index (χ1v) is 6.93. The van der Waals surface area contributed by atoms with Gasteiger partial charge in [0, 0.05) is 18.0 Å². The van der Waals surface area contributed by atoms with Crippen LogP contribution in [0.25, 0.3) is 0 Å². The molecule has 2 N–H and O–H groups in total. The molecule has 2 aliphatic carbocycles. The molecule has 1 heterocycles. The van der Waals surface area contributed by atoms with Gasteiger partial charge in [0.25, 0.3) is 0 Å². The number of nitrogens with one attached hydrogen (secondary N) is 2. The highest BCUT2D eigenvalue weighted by molar-refractivity contribution is 5.28. The van der Waals surface area contributed by atoms with Crippen LogP contribution in [0.15, 0.2) is 30.3 Å². The Morgan fingerprint density at radius 3 is 2.47 bits per heavy atom. The van der Waals surface area contributed by atoms with Crippen molar-refractivity contribution < 1.29 is 0 Å². The van der Waals surface area contributed by atoms with Crippen LogP contribution in [-0.4, -0.2) is 25.2 Å². The largest absolute Gasteiger partial charge is 0.316 e. The number of fused-ring (bicyclic) bond motifs is 2. The van der Waals surface area contributed by atoms with E-state index in [0.29, 0.717) is 0 Å². The Bertz CT molecular complexity index is 389. The maximum absolute atomic E-state index is 3.90. The lowest BCUT2D eigenvalue weighted by atomic mass is 9.67. The van der Waals surface area contributed by atoms with E-state index in [-0.39, 0.29) is 0 Å². The Kier molecular flexibility index (Phi) is 2.27. The molecule has 3 fully saturated rings. The normalized spacial score (nSPS) is 42.9. The third kappa shape index (κ3) is 1.71. The van der Waals surface area contributed by atoms with Crippen molar-refractivity contribution in [3.05, 3.63) is 35.9 Å². The van der Waals surface area contributed by atoms with Crippen molar-refractivity contribution in [2.75, 3.05) is 13.1 Å². The fourth-order valence-electron chi connectivity index (χ4n) is 3.71. The zero-order valence-electron chi connectivity index (χ0n) is 10.1. The molecule has 2 heteroatoms. The molecule has 90 valence electrons. The predicted molar refractivity (Wildman–Crippen MR) is 69.0 cm³/mol. The minimum atomic E-state index is 0.755. The smallest absolute Gasteiger partial charge is 0.0151 e. The lowest BCUT2D eigenvalue weighted by Gasteiger charge is -2.50. The van der Waals surface area contributed by atoms with Crippen molar-refractivity contribution in [1.29, 1.82) is 0 Å². The van der Waals surface area contributed by atoms with Crippen molar-refractivity contribution in [2.24, 2.45) is 11.8 Å². The van der Waals surface area contributed by atoms with Crippen LogP contribution in [0.3, 0.4) is 0 Å². The predicted octanol–water partition coefficient (Wildman–Crippen LogP) is 1.74. The molecule has 17 heavy (non-hydrogen) atoms. The number of hydrogen-bond donors (Lipinski definition) is 2.